The molecule has 1 fully saturated rings. The van der Waals surface area contributed by atoms with Crippen molar-refractivity contribution in [3.8, 4) is 11.5 Å². The maximum Gasteiger partial charge on any atom is 0.229 e. The Hall–Kier alpha value is -2.54. The molecule has 0 bridgehead atoms. The number of carbonyl (C=O) groups excluding carboxylic acids is 1. The Kier molecular flexibility index (Phi) is 6.01. The molecule has 8 heteroatoms. The van der Waals surface area contributed by atoms with Crippen LogP contribution in [0.2, 0.25) is 5.02 Å². The molecule has 0 saturated carbocycles. The number of methoxy groups -OCH3 is 2. The Morgan fingerprint density at radius 1 is 1.33 bits per heavy atom. The maximum atomic E-state index is 12.9. The van der Waals surface area contributed by atoms with E-state index in [-0.39, 0.29) is 11.8 Å². The van der Waals surface area contributed by atoms with Crippen molar-refractivity contribution < 1.29 is 14.3 Å². The van der Waals surface area contributed by atoms with Crippen molar-refractivity contribution in [1.29, 1.82) is 0 Å². The SMILES string of the molecule is COc1cc(Cl)c(NC(=O)C2CCCN(c3nccc(C)n3)C2)c(OC)c1. The summed E-state index contributed by atoms with van der Waals surface area (Å²) in [6.07, 6.45) is 3.43. The smallest absolute Gasteiger partial charge is 0.229 e. The molecule has 1 saturated heterocycles. The monoisotopic (exact) mass is 390 g/mol. The van der Waals surface area contributed by atoms with Crippen LogP contribution in [0.4, 0.5) is 11.6 Å². The van der Waals surface area contributed by atoms with Crippen LogP contribution >= 0.6 is 11.6 Å². The maximum absolute atomic E-state index is 12.9. The van der Waals surface area contributed by atoms with Crippen LogP contribution < -0.4 is 19.7 Å². The van der Waals surface area contributed by atoms with Gasteiger partial charge in [-0.2, -0.15) is 0 Å². The first-order valence-electron chi connectivity index (χ1n) is 8.78. The Balaban J connectivity index is 1.74. The molecule has 1 aromatic heterocycles. The van der Waals surface area contributed by atoms with E-state index >= 15 is 0 Å². The summed E-state index contributed by atoms with van der Waals surface area (Å²) in [4.78, 5) is 23.7. The summed E-state index contributed by atoms with van der Waals surface area (Å²) in [6.45, 7) is 3.32. The second kappa shape index (κ2) is 8.43. The number of aryl methyl sites for hydroxylation is 1. The summed E-state index contributed by atoms with van der Waals surface area (Å²) in [5, 5.41) is 3.28. The van der Waals surface area contributed by atoms with Gasteiger partial charge in [0.2, 0.25) is 11.9 Å². The van der Waals surface area contributed by atoms with E-state index in [2.05, 4.69) is 15.3 Å². The minimum atomic E-state index is -0.189. The Bertz CT molecular complexity index is 831. The summed E-state index contributed by atoms with van der Waals surface area (Å²) in [5.41, 5.74) is 1.36. The number of piperidine rings is 1. The largest absolute Gasteiger partial charge is 0.497 e. The summed E-state index contributed by atoms with van der Waals surface area (Å²) in [7, 11) is 3.07. The third-order valence-corrected chi connectivity index (χ3v) is 4.89. The second-order valence-electron chi connectivity index (χ2n) is 6.46. The Morgan fingerprint density at radius 2 is 2.15 bits per heavy atom. The predicted octanol–water partition coefficient (Wildman–Crippen LogP) is 3.31. The van der Waals surface area contributed by atoms with E-state index in [9.17, 15) is 4.79 Å². The molecule has 0 aliphatic carbocycles. The van der Waals surface area contributed by atoms with Crippen molar-refractivity contribution in [2.75, 3.05) is 37.5 Å². The number of hydrogen-bond acceptors (Lipinski definition) is 6. The van der Waals surface area contributed by atoms with E-state index in [0.717, 1.165) is 25.1 Å². The van der Waals surface area contributed by atoms with Gasteiger partial charge in [-0.25, -0.2) is 9.97 Å². The molecular formula is C19H23ClN4O3. The van der Waals surface area contributed by atoms with Crippen LogP contribution in [-0.4, -0.2) is 43.2 Å². The second-order valence-corrected chi connectivity index (χ2v) is 6.87. The van der Waals surface area contributed by atoms with Crippen LogP contribution in [0.5, 0.6) is 11.5 Å². The molecule has 1 unspecified atom stereocenters. The van der Waals surface area contributed by atoms with Crippen molar-refractivity contribution in [3.63, 3.8) is 0 Å². The first-order valence-corrected chi connectivity index (χ1v) is 9.16. The van der Waals surface area contributed by atoms with Crippen LogP contribution in [-0.2, 0) is 4.79 Å². The van der Waals surface area contributed by atoms with Crippen molar-refractivity contribution in [3.05, 3.63) is 35.1 Å². The van der Waals surface area contributed by atoms with Gasteiger partial charge in [-0.15, -0.1) is 0 Å². The third-order valence-electron chi connectivity index (χ3n) is 4.59. The average molecular weight is 391 g/mol. The van der Waals surface area contributed by atoms with Crippen molar-refractivity contribution in [1.82, 2.24) is 9.97 Å². The van der Waals surface area contributed by atoms with Crippen LogP contribution in [0, 0.1) is 12.8 Å². The minimum Gasteiger partial charge on any atom is -0.497 e. The molecule has 0 spiro atoms. The topological polar surface area (TPSA) is 76.6 Å². The quantitative estimate of drug-likeness (QED) is 0.844. The van der Waals surface area contributed by atoms with Gasteiger partial charge < -0.3 is 19.7 Å². The lowest BCUT2D eigenvalue weighted by atomic mass is 9.97. The molecule has 2 heterocycles. The zero-order chi connectivity index (χ0) is 19.4. The molecule has 0 radical (unpaired) electrons. The number of benzene rings is 1. The fraction of sp³-hybridized carbons (Fsp3) is 0.421. The van der Waals surface area contributed by atoms with Gasteiger partial charge in [0.1, 0.15) is 17.2 Å². The van der Waals surface area contributed by atoms with Gasteiger partial charge in [-0.1, -0.05) is 11.6 Å². The number of nitrogens with zero attached hydrogens (tertiary/aromatic N) is 3. The third kappa shape index (κ3) is 4.42. The molecular weight excluding hydrogens is 368 g/mol. The van der Waals surface area contributed by atoms with E-state index in [4.69, 9.17) is 21.1 Å². The van der Waals surface area contributed by atoms with Gasteiger partial charge in [-0.3, -0.25) is 4.79 Å². The molecule has 144 valence electrons. The summed E-state index contributed by atoms with van der Waals surface area (Å²) in [6, 6.07) is 5.19. The number of hydrogen-bond donors (Lipinski definition) is 1. The summed E-state index contributed by atoms with van der Waals surface area (Å²) in [5.74, 6) is 1.40. The van der Waals surface area contributed by atoms with Crippen LogP contribution in [0.3, 0.4) is 0 Å². The van der Waals surface area contributed by atoms with Crippen LogP contribution in [0.1, 0.15) is 18.5 Å². The van der Waals surface area contributed by atoms with Crippen molar-refractivity contribution in [2.45, 2.75) is 19.8 Å². The molecule has 1 amide bonds. The number of amides is 1. The number of ether oxygens (including phenoxy) is 2. The zero-order valence-electron chi connectivity index (χ0n) is 15.7. The zero-order valence-corrected chi connectivity index (χ0v) is 16.4. The minimum absolute atomic E-state index is 0.0993. The molecule has 1 aromatic carbocycles. The summed E-state index contributed by atoms with van der Waals surface area (Å²) < 4.78 is 10.5. The van der Waals surface area contributed by atoms with E-state index in [1.54, 1.807) is 25.4 Å². The van der Waals surface area contributed by atoms with E-state index in [0.29, 0.717) is 34.7 Å². The summed E-state index contributed by atoms with van der Waals surface area (Å²) >= 11 is 6.31. The van der Waals surface area contributed by atoms with Gasteiger partial charge in [0.25, 0.3) is 0 Å². The van der Waals surface area contributed by atoms with Crippen LogP contribution in [0.15, 0.2) is 24.4 Å². The highest BCUT2D eigenvalue weighted by Crippen LogP contribution is 2.37. The number of rotatable bonds is 5. The lowest BCUT2D eigenvalue weighted by molar-refractivity contribution is -0.120. The van der Waals surface area contributed by atoms with E-state index in [1.807, 2.05) is 17.9 Å². The van der Waals surface area contributed by atoms with Crippen LogP contribution in [0.25, 0.3) is 0 Å². The highest BCUT2D eigenvalue weighted by molar-refractivity contribution is 6.34. The molecule has 7 nitrogen and oxygen atoms in total. The van der Waals surface area contributed by atoms with Crippen molar-refractivity contribution in [2.24, 2.45) is 5.92 Å². The van der Waals surface area contributed by atoms with E-state index in [1.165, 1.54) is 7.11 Å². The lowest BCUT2D eigenvalue weighted by Crippen LogP contribution is -2.41. The van der Waals surface area contributed by atoms with Gasteiger partial charge >= 0.3 is 0 Å². The Morgan fingerprint density at radius 3 is 2.85 bits per heavy atom. The highest BCUT2D eigenvalue weighted by Gasteiger charge is 2.28. The number of aromatic nitrogens is 2. The normalized spacial score (nSPS) is 16.7. The number of nitrogens with one attached hydrogen (secondary N) is 1. The predicted molar refractivity (Wildman–Crippen MR) is 105 cm³/mol. The molecule has 27 heavy (non-hydrogen) atoms. The van der Waals surface area contributed by atoms with Crippen molar-refractivity contribution >= 4 is 29.1 Å². The molecule has 3 rings (SSSR count). The van der Waals surface area contributed by atoms with Gasteiger partial charge in [0, 0.05) is 37.1 Å². The fourth-order valence-corrected chi connectivity index (χ4v) is 3.39. The molecule has 1 atom stereocenters. The highest BCUT2D eigenvalue weighted by atomic mass is 35.5. The number of anilines is 2. The fourth-order valence-electron chi connectivity index (χ4n) is 3.14. The first-order chi connectivity index (χ1) is 13.0. The molecule has 1 N–H and O–H groups in total. The standard InChI is InChI=1S/C19H23ClN4O3/c1-12-6-7-21-19(22-12)24-8-4-5-13(11-24)18(25)23-17-15(20)9-14(26-2)10-16(17)27-3/h6-7,9-10,13H,4-5,8,11H2,1-3H3,(H,23,25). The Labute approximate surface area is 163 Å². The van der Waals surface area contributed by atoms with Gasteiger partial charge in [-0.05, 0) is 25.8 Å². The molecule has 2 aromatic rings. The van der Waals surface area contributed by atoms with Gasteiger partial charge in [0.15, 0.2) is 0 Å². The first kappa shape index (κ1) is 19.2. The number of carbonyl (C=O) groups is 1. The molecule has 1 aliphatic rings. The lowest BCUT2D eigenvalue weighted by Gasteiger charge is -2.32. The molecule has 1 aliphatic heterocycles. The average Bonchev–Trinajstić information content (AvgIpc) is 2.69. The van der Waals surface area contributed by atoms with E-state index < -0.39 is 0 Å². The van der Waals surface area contributed by atoms with Gasteiger partial charge in [0.05, 0.1) is 25.2 Å². The number of halogens is 1.